The number of carbonyl (C=O) groups excluding carboxylic acids is 4. The molecular weight excluding hydrogens is 728 g/mol. The first-order valence-electron chi connectivity index (χ1n) is 18.2. The van der Waals surface area contributed by atoms with Gasteiger partial charge in [0.05, 0.1) is 37.1 Å². The maximum absolute atomic E-state index is 15.1. The summed E-state index contributed by atoms with van der Waals surface area (Å²) < 4.78 is 12.6. The van der Waals surface area contributed by atoms with Crippen molar-refractivity contribution in [2.75, 3.05) is 42.6 Å². The van der Waals surface area contributed by atoms with E-state index < -0.39 is 60.2 Å². The normalized spacial score (nSPS) is 25.6. The summed E-state index contributed by atoms with van der Waals surface area (Å²) in [5.41, 5.74) is 1.16. The summed E-state index contributed by atoms with van der Waals surface area (Å²) in [5, 5.41) is 13.6. The molecule has 3 amide bonds. The van der Waals surface area contributed by atoms with Gasteiger partial charge in [0.15, 0.2) is 0 Å². The SMILES string of the molecule is C=CCCC(=O)NC[C@H](C)OC(=O)[C@H]1[C@@H]2O[C@@]3(CC2Br)[C@@H]1C(=O)N([C@@H](CO)Cc1ccccc1)[C@@H]3C(=O)N(CC=C)c1ccc(N(CC)CC)cc1. The number of carbonyl (C=O) groups is 4. The molecule has 3 aliphatic rings. The fraction of sp³-hybridized carbons (Fsp3) is 0.500. The third-order valence-corrected chi connectivity index (χ3v) is 11.3. The number of nitrogens with zero attached hydrogens (tertiary/aromatic N) is 3. The number of allylic oxidation sites excluding steroid dienone is 1. The van der Waals surface area contributed by atoms with Gasteiger partial charge in [-0.1, -0.05) is 58.4 Å². The summed E-state index contributed by atoms with van der Waals surface area (Å²) in [7, 11) is 0. The lowest BCUT2D eigenvalue weighted by Gasteiger charge is -2.39. The van der Waals surface area contributed by atoms with E-state index in [4.69, 9.17) is 9.47 Å². The van der Waals surface area contributed by atoms with Gasteiger partial charge in [-0.2, -0.15) is 0 Å². The van der Waals surface area contributed by atoms with Crippen molar-refractivity contribution in [3.63, 3.8) is 0 Å². The van der Waals surface area contributed by atoms with E-state index in [-0.39, 0.29) is 42.6 Å². The Balaban J connectivity index is 1.51. The third-order valence-electron chi connectivity index (χ3n) is 10.5. The lowest BCUT2D eigenvalue weighted by atomic mass is 9.70. The van der Waals surface area contributed by atoms with Crippen molar-refractivity contribution in [1.82, 2.24) is 10.2 Å². The third kappa shape index (κ3) is 7.70. The highest BCUT2D eigenvalue weighted by Gasteiger charge is 2.77. The summed E-state index contributed by atoms with van der Waals surface area (Å²) in [6.45, 7) is 14.9. The summed E-state index contributed by atoms with van der Waals surface area (Å²) in [6, 6.07) is 15.3. The van der Waals surface area contributed by atoms with Crippen LogP contribution in [0.4, 0.5) is 11.4 Å². The molecule has 0 aromatic heterocycles. The summed E-state index contributed by atoms with van der Waals surface area (Å²) in [6.07, 6.45) is 3.28. The first-order valence-corrected chi connectivity index (χ1v) is 19.1. The molecule has 8 atom stereocenters. The molecule has 0 saturated carbocycles. The molecule has 3 heterocycles. The molecule has 1 unspecified atom stereocenters. The van der Waals surface area contributed by atoms with Crippen molar-refractivity contribution in [2.45, 2.75) is 81.2 Å². The second-order valence-corrected chi connectivity index (χ2v) is 14.9. The Morgan fingerprint density at radius 2 is 1.77 bits per heavy atom. The molecule has 3 fully saturated rings. The second-order valence-electron chi connectivity index (χ2n) is 13.7. The van der Waals surface area contributed by atoms with Gasteiger partial charge in [0.2, 0.25) is 11.8 Å². The molecule has 52 heavy (non-hydrogen) atoms. The molecule has 2 bridgehead atoms. The average molecular weight is 780 g/mol. The van der Waals surface area contributed by atoms with Gasteiger partial charge in [0, 0.05) is 42.3 Å². The molecule has 5 rings (SSSR count). The number of likely N-dealkylation sites (tertiary alicyclic amines) is 1. The Kier molecular flexibility index (Phi) is 13.0. The van der Waals surface area contributed by atoms with E-state index >= 15 is 4.79 Å². The second kappa shape index (κ2) is 17.2. The Bertz CT molecular complexity index is 1600. The minimum Gasteiger partial charge on any atom is -0.460 e. The van der Waals surface area contributed by atoms with Gasteiger partial charge in [-0.15, -0.1) is 13.2 Å². The predicted octanol–water partition coefficient (Wildman–Crippen LogP) is 4.42. The maximum atomic E-state index is 15.1. The smallest absolute Gasteiger partial charge is 0.312 e. The zero-order valence-corrected chi connectivity index (χ0v) is 31.9. The number of ether oxygens (including phenoxy) is 2. The first kappa shape index (κ1) is 39.2. The van der Waals surface area contributed by atoms with Gasteiger partial charge in [-0.25, -0.2) is 0 Å². The van der Waals surface area contributed by atoms with Crippen LogP contribution in [0.2, 0.25) is 0 Å². The Labute approximate surface area is 315 Å². The molecule has 0 radical (unpaired) electrons. The van der Waals surface area contributed by atoms with Crippen LogP contribution >= 0.6 is 15.9 Å². The summed E-state index contributed by atoms with van der Waals surface area (Å²) in [4.78, 5) is 61.1. The van der Waals surface area contributed by atoms with E-state index in [1.54, 1.807) is 24.0 Å². The van der Waals surface area contributed by atoms with Crippen LogP contribution in [0.1, 0.15) is 45.6 Å². The van der Waals surface area contributed by atoms with Gasteiger partial charge in [-0.3, -0.25) is 19.2 Å². The fourth-order valence-corrected chi connectivity index (χ4v) is 9.02. The number of aliphatic hydroxyl groups excluding tert-OH is 1. The van der Waals surface area contributed by atoms with Crippen molar-refractivity contribution < 1.29 is 33.8 Å². The van der Waals surface area contributed by atoms with Crippen molar-refractivity contribution in [1.29, 1.82) is 0 Å². The first-order chi connectivity index (χ1) is 25.0. The quantitative estimate of drug-likeness (QED) is 0.129. The summed E-state index contributed by atoms with van der Waals surface area (Å²) >= 11 is 3.72. The molecule has 1 spiro atoms. The zero-order valence-electron chi connectivity index (χ0n) is 30.3. The van der Waals surface area contributed by atoms with E-state index in [1.807, 2.05) is 54.6 Å². The minimum atomic E-state index is -1.37. The molecule has 280 valence electrons. The maximum Gasteiger partial charge on any atom is 0.312 e. The number of aliphatic hydroxyl groups is 1. The van der Waals surface area contributed by atoms with Crippen LogP contribution in [0.5, 0.6) is 0 Å². The number of benzene rings is 2. The Morgan fingerprint density at radius 3 is 2.38 bits per heavy atom. The highest BCUT2D eigenvalue weighted by atomic mass is 79.9. The van der Waals surface area contributed by atoms with Gasteiger partial charge in [0.25, 0.3) is 5.91 Å². The number of amides is 3. The highest BCUT2D eigenvalue weighted by molar-refractivity contribution is 9.09. The average Bonchev–Trinajstić information content (AvgIpc) is 3.75. The molecule has 2 aromatic rings. The number of fused-ring (bicyclic) bond motifs is 1. The highest BCUT2D eigenvalue weighted by Crippen LogP contribution is 2.61. The van der Waals surface area contributed by atoms with Crippen molar-refractivity contribution in [2.24, 2.45) is 11.8 Å². The van der Waals surface area contributed by atoms with Gasteiger partial charge < -0.3 is 34.6 Å². The van der Waals surface area contributed by atoms with Crippen LogP contribution in [0.15, 0.2) is 79.9 Å². The molecule has 12 heteroatoms. The molecule has 0 aliphatic carbocycles. The molecule has 11 nitrogen and oxygen atoms in total. The van der Waals surface area contributed by atoms with Crippen molar-refractivity contribution >= 4 is 51.0 Å². The standard InChI is InChI=1S/C40H51BrN4O7/c1-6-10-16-32(47)42-24-26(5)51-39(50)33-34-37(48)45(30(25-46)22-27-14-12-11-13-15-27)36(40(34)23-31(41)35(33)52-40)38(49)44(21-7-2)29-19-17-28(18-20-29)43(8-3)9-4/h6-7,11-15,17-20,26,30-31,33-36,46H,1-2,8-10,16,21-25H2,3-5H3,(H,42,47)/t26-,30+,31?,33+,34-,35+,36+,40-/m0/s1. The van der Waals surface area contributed by atoms with Crippen LogP contribution < -0.4 is 15.1 Å². The van der Waals surface area contributed by atoms with E-state index in [2.05, 4.69) is 53.2 Å². The topological polar surface area (TPSA) is 129 Å². The molecule has 3 saturated heterocycles. The number of nitrogens with one attached hydrogen (secondary N) is 1. The number of alkyl halides is 1. The van der Waals surface area contributed by atoms with Crippen molar-refractivity contribution in [3.05, 3.63) is 85.5 Å². The number of halogens is 1. The molecule has 3 aliphatic heterocycles. The summed E-state index contributed by atoms with van der Waals surface area (Å²) in [5.74, 6) is -3.67. The lowest BCUT2D eigenvalue weighted by molar-refractivity contribution is -0.159. The van der Waals surface area contributed by atoms with Crippen LogP contribution in [0, 0.1) is 11.8 Å². The molecule has 2 aromatic carbocycles. The predicted molar refractivity (Wildman–Crippen MR) is 204 cm³/mol. The van der Waals surface area contributed by atoms with E-state index in [0.717, 1.165) is 24.3 Å². The monoisotopic (exact) mass is 778 g/mol. The largest absolute Gasteiger partial charge is 0.460 e. The van der Waals surface area contributed by atoms with Crippen LogP contribution in [-0.4, -0.2) is 101 Å². The number of hydrogen-bond donors (Lipinski definition) is 2. The fourth-order valence-electron chi connectivity index (χ4n) is 8.08. The number of anilines is 2. The van der Waals surface area contributed by atoms with Gasteiger partial charge in [-0.05, 0) is 69.9 Å². The minimum absolute atomic E-state index is 0.0991. The number of rotatable bonds is 18. The van der Waals surface area contributed by atoms with E-state index in [9.17, 15) is 19.5 Å². The zero-order chi connectivity index (χ0) is 37.6. The number of esters is 1. The molecular formula is C40H51BrN4O7. The Morgan fingerprint density at radius 1 is 1.10 bits per heavy atom. The number of hydrogen-bond acceptors (Lipinski definition) is 8. The van der Waals surface area contributed by atoms with Crippen LogP contribution in [0.25, 0.3) is 0 Å². The van der Waals surface area contributed by atoms with Crippen LogP contribution in [-0.2, 0) is 35.1 Å². The van der Waals surface area contributed by atoms with Gasteiger partial charge >= 0.3 is 5.97 Å². The van der Waals surface area contributed by atoms with E-state index in [0.29, 0.717) is 18.5 Å². The molecule has 2 N–H and O–H groups in total. The van der Waals surface area contributed by atoms with Crippen LogP contribution in [0.3, 0.4) is 0 Å². The van der Waals surface area contributed by atoms with Gasteiger partial charge in [0.1, 0.15) is 17.7 Å². The van der Waals surface area contributed by atoms with Crippen molar-refractivity contribution in [3.8, 4) is 0 Å². The lowest BCUT2D eigenvalue weighted by Crippen LogP contribution is -2.59. The van der Waals surface area contributed by atoms with E-state index in [1.165, 1.54) is 4.90 Å². The Hall–Kier alpha value is -4.00.